The van der Waals surface area contributed by atoms with Crippen molar-refractivity contribution in [1.29, 1.82) is 0 Å². The number of aryl methyl sites for hydroxylation is 1. The Balaban J connectivity index is 1.89. The second-order valence-electron chi connectivity index (χ2n) is 5.42. The van der Waals surface area contributed by atoms with Gasteiger partial charge in [0.1, 0.15) is 0 Å². The third-order valence-corrected chi connectivity index (χ3v) is 8.19. The number of halogens is 2. The Morgan fingerprint density at radius 3 is 2.88 bits per heavy atom. The molecule has 3 heterocycles. The first-order valence-corrected chi connectivity index (χ1v) is 14.7. The van der Waals surface area contributed by atoms with E-state index in [0.717, 1.165) is 33.7 Å². The normalized spacial score (nSPS) is 11.2. The quantitative estimate of drug-likeness (QED) is 0.403. The van der Waals surface area contributed by atoms with Gasteiger partial charge in [0.2, 0.25) is 0 Å². The molecule has 0 unspecified atom stereocenters. The van der Waals surface area contributed by atoms with Crippen LogP contribution in [0.15, 0.2) is 54.9 Å². The van der Waals surface area contributed by atoms with E-state index in [1.807, 2.05) is 37.5 Å². The summed E-state index contributed by atoms with van der Waals surface area (Å²) >= 11 is 2.47. The van der Waals surface area contributed by atoms with E-state index in [-0.39, 0.29) is 17.2 Å². The van der Waals surface area contributed by atoms with Crippen molar-refractivity contribution in [3.05, 3.63) is 64.1 Å². The number of H-pyrrole nitrogens is 1. The fourth-order valence-electron chi connectivity index (χ4n) is 2.73. The zero-order valence-electron chi connectivity index (χ0n) is 12.8. The molecule has 0 aliphatic heterocycles. The molecule has 0 saturated heterocycles. The number of nitrogens with zero attached hydrogens (tertiary/aromatic N) is 3. The molecule has 0 bridgehead atoms. The van der Waals surface area contributed by atoms with Gasteiger partial charge >= 0.3 is 160 Å². The molecule has 0 spiro atoms. The van der Waals surface area contributed by atoms with E-state index in [4.69, 9.17) is 0 Å². The first kappa shape index (κ1) is 15.9. The molecular weight excluding hydrogens is 526 g/mol. The Bertz CT molecular complexity index is 1030. The minimum atomic E-state index is -0.0268. The number of pyridine rings is 2. The summed E-state index contributed by atoms with van der Waals surface area (Å²) in [5.41, 5.74) is 6.11. The Morgan fingerprint density at radius 2 is 2.04 bits per heavy atom. The molecular formula is C18H13I2N4-. The van der Waals surface area contributed by atoms with Gasteiger partial charge in [0, 0.05) is 0 Å². The van der Waals surface area contributed by atoms with E-state index in [1.165, 1.54) is 8.96 Å². The summed E-state index contributed by atoms with van der Waals surface area (Å²) in [5.74, 6) is 0. The van der Waals surface area contributed by atoms with Crippen LogP contribution in [0.3, 0.4) is 0 Å². The standard InChI is InChI=1S/C18H13I2N4/c1-11-3-2-4-17(23-11)18-14(10-22-24-18)12-5-6-16-13(9-12)15(20-19)7-8-21-16/h2-10H,1H3,(H,22,24)/q-1. The van der Waals surface area contributed by atoms with E-state index < -0.39 is 0 Å². The van der Waals surface area contributed by atoms with Crippen molar-refractivity contribution in [2.75, 3.05) is 0 Å². The topological polar surface area (TPSA) is 54.5 Å². The predicted octanol–water partition coefficient (Wildman–Crippen LogP) is 1.60. The molecule has 4 nitrogen and oxygen atoms in total. The Kier molecular flexibility index (Phi) is 4.49. The summed E-state index contributed by atoms with van der Waals surface area (Å²) in [7, 11) is 0. The number of hydrogen-bond acceptors (Lipinski definition) is 3. The molecule has 1 N–H and O–H groups in total. The Hall–Kier alpha value is -1.55. The van der Waals surface area contributed by atoms with Crippen LogP contribution in [0.1, 0.15) is 5.69 Å². The Labute approximate surface area is 159 Å². The molecule has 24 heavy (non-hydrogen) atoms. The number of hydrogen-bond donors (Lipinski definition) is 1. The SMILES string of the molecule is Cc1cccc(-c2[nH]ncc2-c2ccc3nccc([I-]I)c3c2)n1. The van der Waals surface area contributed by atoms with Gasteiger partial charge in [-0.2, -0.15) is 0 Å². The molecule has 1 aromatic carbocycles. The molecule has 4 rings (SSSR count). The minimum absolute atomic E-state index is 0.0268. The van der Waals surface area contributed by atoms with Gasteiger partial charge < -0.3 is 0 Å². The van der Waals surface area contributed by atoms with Crippen LogP contribution in [0, 0.1) is 10.5 Å². The molecule has 120 valence electrons. The molecule has 0 fully saturated rings. The predicted molar refractivity (Wildman–Crippen MR) is 100 cm³/mol. The third-order valence-electron chi connectivity index (χ3n) is 3.86. The number of rotatable bonds is 3. The number of aromatic amines is 1. The van der Waals surface area contributed by atoms with E-state index >= 15 is 0 Å². The van der Waals surface area contributed by atoms with E-state index in [2.05, 4.69) is 63.0 Å². The van der Waals surface area contributed by atoms with Crippen LogP contribution in [-0.2, 0) is 0 Å². The molecule has 0 aliphatic carbocycles. The molecule has 6 heteroatoms. The summed E-state index contributed by atoms with van der Waals surface area (Å²) < 4.78 is 1.40. The van der Waals surface area contributed by atoms with Gasteiger partial charge in [-0.3, -0.25) is 0 Å². The van der Waals surface area contributed by atoms with Gasteiger partial charge in [-0.05, 0) is 0 Å². The first-order valence-electron chi connectivity index (χ1n) is 7.39. The van der Waals surface area contributed by atoms with Gasteiger partial charge in [-0.25, -0.2) is 0 Å². The van der Waals surface area contributed by atoms with Gasteiger partial charge in [0.05, 0.1) is 0 Å². The number of fused-ring (bicyclic) bond motifs is 1. The molecule has 0 aliphatic rings. The number of nitrogens with one attached hydrogen (secondary N) is 1. The summed E-state index contributed by atoms with van der Waals surface area (Å²) in [6.07, 6.45) is 3.77. The van der Waals surface area contributed by atoms with Crippen molar-refractivity contribution in [1.82, 2.24) is 20.2 Å². The summed E-state index contributed by atoms with van der Waals surface area (Å²) in [6.45, 7) is 2.00. The van der Waals surface area contributed by atoms with Gasteiger partial charge in [-0.15, -0.1) is 0 Å². The second-order valence-corrected chi connectivity index (χ2v) is 9.72. The molecule has 0 saturated carbocycles. The summed E-state index contributed by atoms with van der Waals surface area (Å²) in [6, 6.07) is 14.6. The molecule has 0 radical (unpaired) electrons. The van der Waals surface area contributed by atoms with Crippen molar-refractivity contribution in [2.24, 2.45) is 0 Å². The maximum atomic E-state index is 4.62. The Morgan fingerprint density at radius 1 is 1.12 bits per heavy atom. The zero-order chi connectivity index (χ0) is 16.5. The molecule has 0 amide bonds. The van der Waals surface area contributed by atoms with Crippen molar-refractivity contribution < 1.29 is 17.2 Å². The average Bonchev–Trinajstić information content (AvgIpc) is 3.10. The first-order chi connectivity index (χ1) is 11.8. The van der Waals surface area contributed by atoms with Crippen LogP contribution in [0.5, 0.6) is 0 Å². The number of aromatic nitrogens is 4. The average molecular weight is 539 g/mol. The summed E-state index contributed by atoms with van der Waals surface area (Å²) in [5, 5.41) is 8.59. The van der Waals surface area contributed by atoms with Crippen LogP contribution in [-0.4, -0.2) is 20.2 Å². The van der Waals surface area contributed by atoms with Crippen molar-refractivity contribution >= 4 is 29.5 Å². The van der Waals surface area contributed by atoms with Gasteiger partial charge in [-0.1, -0.05) is 0 Å². The van der Waals surface area contributed by atoms with Gasteiger partial charge in [0.15, 0.2) is 0 Å². The van der Waals surface area contributed by atoms with Crippen LogP contribution >= 0.6 is 18.6 Å². The van der Waals surface area contributed by atoms with Crippen LogP contribution in [0.4, 0.5) is 0 Å². The zero-order valence-corrected chi connectivity index (χ0v) is 17.1. The van der Waals surface area contributed by atoms with E-state index in [0.29, 0.717) is 0 Å². The van der Waals surface area contributed by atoms with E-state index in [9.17, 15) is 0 Å². The fourth-order valence-corrected chi connectivity index (χ4v) is 6.06. The van der Waals surface area contributed by atoms with Crippen molar-refractivity contribution in [3.8, 4) is 22.5 Å². The van der Waals surface area contributed by atoms with Crippen LogP contribution in [0.2, 0.25) is 0 Å². The van der Waals surface area contributed by atoms with Crippen LogP contribution < -0.4 is 17.2 Å². The fraction of sp³-hybridized carbons (Fsp3) is 0.0556. The monoisotopic (exact) mass is 539 g/mol. The van der Waals surface area contributed by atoms with E-state index in [1.54, 1.807) is 0 Å². The number of benzene rings is 1. The summed E-state index contributed by atoms with van der Waals surface area (Å²) in [4.78, 5) is 9.10. The molecule has 4 aromatic rings. The maximum absolute atomic E-state index is 4.62. The third kappa shape index (κ3) is 2.92. The van der Waals surface area contributed by atoms with Gasteiger partial charge in [0.25, 0.3) is 0 Å². The molecule has 0 atom stereocenters. The van der Waals surface area contributed by atoms with Crippen LogP contribution in [0.25, 0.3) is 33.4 Å². The van der Waals surface area contributed by atoms with Crippen molar-refractivity contribution in [3.63, 3.8) is 0 Å². The van der Waals surface area contributed by atoms with Crippen molar-refractivity contribution in [2.45, 2.75) is 6.92 Å². The second kappa shape index (κ2) is 6.75. The molecule has 3 aromatic heterocycles.